The number of nitrogens with zero attached hydrogens (tertiary/aromatic N) is 3. The molecule has 0 radical (unpaired) electrons. The van der Waals surface area contributed by atoms with Crippen molar-refractivity contribution in [1.29, 1.82) is 0 Å². The molecular weight excluding hydrogens is 581 g/mol. The number of carbonyl (C=O) groups is 1. The molecule has 1 amide bonds. The fourth-order valence-electron chi connectivity index (χ4n) is 4.98. The number of rotatable bonds is 12. The first kappa shape index (κ1) is 30.9. The molecule has 230 valence electrons. The lowest BCUT2D eigenvalue weighted by Gasteiger charge is -2.30. The molecule has 1 aromatic heterocycles. The van der Waals surface area contributed by atoms with Crippen LogP contribution < -0.4 is 15.6 Å². The van der Waals surface area contributed by atoms with Gasteiger partial charge < -0.3 is 20.1 Å². The van der Waals surface area contributed by atoms with Gasteiger partial charge in [0.25, 0.3) is 5.56 Å². The molecule has 3 aromatic rings. The molecule has 8 nitrogen and oxygen atoms in total. The van der Waals surface area contributed by atoms with Crippen LogP contribution in [0.2, 0.25) is 0 Å². The van der Waals surface area contributed by atoms with Crippen LogP contribution in [0.5, 0.6) is 11.5 Å². The van der Waals surface area contributed by atoms with Crippen LogP contribution in [0.3, 0.4) is 0 Å². The van der Waals surface area contributed by atoms with Crippen LogP contribution >= 0.6 is 11.8 Å². The minimum atomic E-state index is -4.36. The van der Waals surface area contributed by atoms with E-state index in [1.54, 1.807) is 45.5 Å². The number of alkyl halides is 3. The molecule has 0 unspecified atom stereocenters. The maximum Gasteiger partial charge on any atom is 0.416 e. The fraction of sp³-hybridized carbons (Fsp3) is 0.452. The number of benzene rings is 2. The zero-order chi connectivity index (χ0) is 30.4. The number of nitrogens with one attached hydrogen (secondary N) is 1. The number of hydrogen-bond donors (Lipinski definition) is 2. The van der Waals surface area contributed by atoms with Gasteiger partial charge in [-0.1, -0.05) is 18.2 Å². The summed E-state index contributed by atoms with van der Waals surface area (Å²) < 4.78 is 45.1. The van der Waals surface area contributed by atoms with Crippen molar-refractivity contribution in [2.45, 2.75) is 68.1 Å². The Morgan fingerprint density at radius 1 is 1.07 bits per heavy atom. The molecule has 1 fully saturated rings. The molecule has 0 saturated heterocycles. The second kappa shape index (κ2) is 13.9. The monoisotopic (exact) mass is 616 g/mol. The van der Waals surface area contributed by atoms with Crippen molar-refractivity contribution in [1.82, 2.24) is 19.8 Å². The Hall–Kier alpha value is -3.51. The van der Waals surface area contributed by atoms with Crippen molar-refractivity contribution in [2.24, 2.45) is 0 Å². The number of aromatic hydroxyl groups is 1. The lowest BCUT2D eigenvalue weighted by molar-refractivity contribution is -0.137. The van der Waals surface area contributed by atoms with Gasteiger partial charge in [0.1, 0.15) is 11.5 Å². The predicted octanol–water partition coefficient (Wildman–Crippen LogP) is 5.33. The maximum absolute atomic E-state index is 13.7. The normalized spacial score (nSPS) is 15.2. The highest BCUT2D eigenvalue weighted by atomic mass is 32.2. The van der Waals surface area contributed by atoms with Crippen molar-refractivity contribution >= 4 is 17.7 Å². The molecule has 12 heteroatoms. The Labute approximate surface area is 252 Å². The largest absolute Gasteiger partial charge is 0.508 e. The smallest absolute Gasteiger partial charge is 0.416 e. The lowest BCUT2D eigenvalue weighted by Crippen LogP contribution is -2.44. The molecule has 5 rings (SSSR count). The summed E-state index contributed by atoms with van der Waals surface area (Å²) in [6.45, 7) is 1.89. The molecule has 2 N–H and O–H groups in total. The number of fused-ring (bicyclic) bond motifs is 1. The van der Waals surface area contributed by atoms with E-state index in [9.17, 15) is 27.9 Å². The van der Waals surface area contributed by atoms with Gasteiger partial charge in [0, 0.05) is 18.2 Å². The first-order chi connectivity index (χ1) is 20.7. The number of carbonyl (C=O) groups excluding carboxylic acids is 1. The Balaban J connectivity index is 1.09. The van der Waals surface area contributed by atoms with Crippen molar-refractivity contribution in [2.75, 3.05) is 26.2 Å². The minimum absolute atomic E-state index is 0.0835. The quantitative estimate of drug-likeness (QED) is 0.210. The van der Waals surface area contributed by atoms with Gasteiger partial charge in [-0.2, -0.15) is 13.2 Å². The van der Waals surface area contributed by atoms with E-state index >= 15 is 0 Å². The van der Waals surface area contributed by atoms with Crippen molar-refractivity contribution in [3.05, 3.63) is 75.7 Å². The number of phenols is 1. The number of aromatic nitrogens is 2. The highest BCUT2D eigenvalue weighted by molar-refractivity contribution is 7.99. The molecule has 2 aromatic carbocycles. The number of halogens is 3. The molecule has 0 bridgehead atoms. The van der Waals surface area contributed by atoms with Crippen LogP contribution in [0.15, 0.2) is 58.5 Å². The molecule has 0 atom stereocenters. The second-order valence-electron chi connectivity index (χ2n) is 10.8. The van der Waals surface area contributed by atoms with Crippen LogP contribution in [0, 0.1) is 0 Å². The van der Waals surface area contributed by atoms with Crippen LogP contribution in [0.1, 0.15) is 55.3 Å². The summed E-state index contributed by atoms with van der Waals surface area (Å²) in [6, 6.07) is 11.1. The van der Waals surface area contributed by atoms with Crippen LogP contribution in [-0.2, 0) is 23.9 Å². The maximum atomic E-state index is 13.7. The number of ether oxygens (including phenoxy) is 1. The standard InChI is InChI=1S/C31H35F3N4O4S/c32-31(33,34)21-7-13-24(14-8-21)42-18-3-1-2-16-35-19-28(40)37-17-15-27-26(20-37)29(41)38(22-9-11-23(39)12-10-22)30(36-27)43-25-5-4-6-25/h7-14,25,35,39H,1-6,15-20H2. The van der Waals surface area contributed by atoms with E-state index in [-0.39, 0.29) is 30.3 Å². The Bertz CT molecular complexity index is 1460. The van der Waals surface area contributed by atoms with Gasteiger partial charge in [0.05, 0.1) is 42.2 Å². The van der Waals surface area contributed by atoms with Gasteiger partial charge in [-0.05, 0) is 87.2 Å². The van der Waals surface area contributed by atoms with Gasteiger partial charge in [-0.15, -0.1) is 0 Å². The highest BCUT2D eigenvalue weighted by Crippen LogP contribution is 2.36. The zero-order valence-electron chi connectivity index (χ0n) is 23.7. The number of thioether (sulfide) groups is 1. The lowest BCUT2D eigenvalue weighted by atomic mass is 10.0. The number of amides is 1. The van der Waals surface area contributed by atoms with E-state index in [2.05, 4.69) is 5.32 Å². The first-order valence-corrected chi connectivity index (χ1v) is 15.5. The average Bonchev–Trinajstić information content (AvgIpc) is 2.96. The van der Waals surface area contributed by atoms with E-state index in [1.165, 1.54) is 18.6 Å². The Kier molecular flexibility index (Phi) is 9.97. The minimum Gasteiger partial charge on any atom is -0.508 e. The number of phenolic OH excluding ortho intramolecular Hbond substituents is 1. The van der Waals surface area contributed by atoms with E-state index < -0.39 is 11.7 Å². The Morgan fingerprint density at radius 3 is 2.49 bits per heavy atom. The number of unbranched alkanes of at least 4 members (excludes halogenated alkanes) is 2. The second-order valence-corrected chi connectivity index (χ2v) is 12.1. The van der Waals surface area contributed by atoms with Gasteiger partial charge in [0.15, 0.2) is 5.16 Å². The predicted molar refractivity (Wildman–Crippen MR) is 158 cm³/mol. The van der Waals surface area contributed by atoms with E-state index in [1.807, 2.05) is 0 Å². The summed E-state index contributed by atoms with van der Waals surface area (Å²) in [5.41, 5.74) is 1.02. The fourth-order valence-corrected chi connectivity index (χ4v) is 6.30. The Morgan fingerprint density at radius 2 is 1.81 bits per heavy atom. The molecule has 2 aliphatic rings. The molecular formula is C31H35F3N4O4S. The molecule has 1 saturated carbocycles. The highest BCUT2D eigenvalue weighted by Gasteiger charge is 2.30. The van der Waals surface area contributed by atoms with Gasteiger partial charge in [-0.3, -0.25) is 14.2 Å². The van der Waals surface area contributed by atoms with E-state index in [0.717, 1.165) is 49.9 Å². The molecule has 1 aliphatic carbocycles. The van der Waals surface area contributed by atoms with Gasteiger partial charge in [-0.25, -0.2) is 4.98 Å². The summed E-state index contributed by atoms with van der Waals surface area (Å²) in [4.78, 5) is 33.3. The van der Waals surface area contributed by atoms with Gasteiger partial charge in [0.2, 0.25) is 5.91 Å². The van der Waals surface area contributed by atoms with Crippen LogP contribution in [0.4, 0.5) is 13.2 Å². The average molecular weight is 617 g/mol. The SMILES string of the molecule is O=C(CNCCCCCOc1ccc(C(F)(F)F)cc1)N1CCc2nc(SC3CCC3)n(-c3ccc(O)cc3)c(=O)c2C1. The summed E-state index contributed by atoms with van der Waals surface area (Å²) in [5.74, 6) is 0.435. The summed E-state index contributed by atoms with van der Waals surface area (Å²) in [6.07, 6.45) is 1.91. The summed E-state index contributed by atoms with van der Waals surface area (Å²) in [5, 5.41) is 14.0. The topological polar surface area (TPSA) is 96.7 Å². The van der Waals surface area contributed by atoms with E-state index in [4.69, 9.17) is 9.72 Å². The molecule has 0 spiro atoms. The molecule has 2 heterocycles. The third-order valence-electron chi connectivity index (χ3n) is 7.71. The zero-order valence-corrected chi connectivity index (χ0v) is 24.6. The number of hydrogen-bond acceptors (Lipinski definition) is 7. The summed E-state index contributed by atoms with van der Waals surface area (Å²) in [7, 11) is 0. The summed E-state index contributed by atoms with van der Waals surface area (Å²) >= 11 is 1.62. The van der Waals surface area contributed by atoms with Crippen molar-refractivity contribution in [3.8, 4) is 17.2 Å². The van der Waals surface area contributed by atoms with Crippen molar-refractivity contribution in [3.63, 3.8) is 0 Å². The van der Waals surface area contributed by atoms with E-state index in [0.29, 0.717) is 53.5 Å². The third-order valence-corrected chi connectivity index (χ3v) is 9.00. The van der Waals surface area contributed by atoms with Crippen LogP contribution in [-0.4, -0.2) is 57.0 Å². The van der Waals surface area contributed by atoms with Gasteiger partial charge >= 0.3 is 6.18 Å². The van der Waals surface area contributed by atoms with Crippen LogP contribution in [0.25, 0.3) is 5.69 Å². The molecule has 43 heavy (non-hydrogen) atoms. The van der Waals surface area contributed by atoms with Crippen molar-refractivity contribution < 1.29 is 27.8 Å². The first-order valence-electron chi connectivity index (χ1n) is 14.6. The third kappa shape index (κ3) is 7.91. The molecule has 1 aliphatic heterocycles.